The summed E-state index contributed by atoms with van der Waals surface area (Å²) >= 11 is 0. The van der Waals surface area contributed by atoms with Crippen LogP contribution in [0.4, 0.5) is 0 Å². The van der Waals surface area contributed by atoms with Gasteiger partial charge in [0.1, 0.15) is 17.2 Å². The van der Waals surface area contributed by atoms with Gasteiger partial charge in [-0.25, -0.2) is 4.98 Å². The van der Waals surface area contributed by atoms with Crippen LogP contribution in [0.15, 0.2) is 39.3 Å². The molecule has 0 aliphatic carbocycles. The van der Waals surface area contributed by atoms with Crippen LogP contribution in [0.3, 0.4) is 0 Å². The number of allylic oxidation sites excluding steroid dienone is 2. The first-order chi connectivity index (χ1) is 14.3. The van der Waals surface area contributed by atoms with Gasteiger partial charge in [0.15, 0.2) is 0 Å². The minimum absolute atomic E-state index is 0.146. The molecule has 30 heavy (non-hydrogen) atoms. The average molecular weight is 409 g/mol. The van der Waals surface area contributed by atoms with E-state index >= 15 is 0 Å². The maximum Gasteiger partial charge on any atom is 0.295 e. The Bertz CT molecular complexity index is 1190. The third kappa shape index (κ3) is 3.70. The fraction of sp³-hybridized carbons (Fsp3) is 0.409. The van der Waals surface area contributed by atoms with Gasteiger partial charge in [0, 0.05) is 50.7 Å². The number of hydrogen-bond acceptors (Lipinski definition) is 5. The molecule has 0 saturated carbocycles. The molecule has 0 atom stereocenters. The third-order valence-electron chi connectivity index (χ3n) is 5.34. The second-order valence-electron chi connectivity index (χ2n) is 7.94. The zero-order valence-electron chi connectivity index (χ0n) is 17.9. The number of amides is 1. The van der Waals surface area contributed by atoms with Crippen LogP contribution in [-0.4, -0.2) is 50.9 Å². The molecule has 0 aromatic carbocycles. The number of carbonyl (C=O) groups is 1. The van der Waals surface area contributed by atoms with Crippen molar-refractivity contribution < 1.29 is 9.21 Å². The summed E-state index contributed by atoms with van der Waals surface area (Å²) < 4.78 is 9.05. The first-order valence-electron chi connectivity index (χ1n) is 10.2. The normalized spacial score (nSPS) is 14.3. The summed E-state index contributed by atoms with van der Waals surface area (Å²) in [6.45, 7) is 11.0. The van der Waals surface area contributed by atoms with Gasteiger partial charge in [0.2, 0.25) is 5.65 Å². The van der Waals surface area contributed by atoms with Gasteiger partial charge in [0.05, 0.1) is 5.69 Å². The van der Waals surface area contributed by atoms with Crippen LogP contribution < -0.4 is 10.9 Å². The van der Waals surface area contributed by atoms with E-state index < -0.39 is 0 Å². The van der Waals surface area contributed by atoms with Crippen molar-refractivity contribution in [1.29, 1.82) is 0 Å². The minimum atomic E-state index is -0.234. The van der Waals surface area contributed by atoms with Crippen molar-refractivity contribution in [2.45, 2.75) is 34.2 Å². The van der Waals surface area contributed by atoms with E-state index in [0.717, 1.165) is 41.4 Å². The Balaban J connectivity index is 1.86. The molecule has 3 aromatic rings. The van der Waals surface area contributed by atoms with Crippen LogP contribution in [0.2, 0.25) is 0 Å². The minimum Gasteiger partial charge on any atom is -0.466 e. The summed E-state index contributed by atoms with van der Waals surface area (Å²) in [4.78, 5) is 32.4. The van der Waals surface area contributed by atoms with Crippen molar-refractivity contribution in [3.05, 3.63) is 57.7 Å². The van der Waals surface area contributed by atoms with Crippen LogP contribution >= 0.6 is 0 Å². The van der Waals surface area contributed by atoms with Gasteiger partial charge in [-0.05, 0) is 33.8 Å². The highest BCUT2D eigenvalue weighted by Gasteiger charge is 2.23. The fourth-order valence-corrected chi connectivity index (χ4v) is 3.77. The molecule has 3 aromatic heterocycles. The zero-order chi connectivity index (χ0) is 21.4. The van der Waals surface area contributed by atoms with Gasteiger partial charge in [-0.2, -0.15) is 0 Å². The number of furan rings is 1. The molecule has 0 unspecified atom stereocenters. The number of aryl methyl sites for hydroxylation is 2. The highest BCUT2D eigenvalue weighted by molar-refractivity contribution is 5.93. The van der Waals surface area contributed by atoms with E-state index in [1.54, 1.807) is 20.1 Å². The van der Waals surface area contributed by atoms with E-state index in [1.165, 1.54) is 0 Å². The highest BCUT2D eigenvalue weighted by atomic mass is 16.3. The van der Waals surface area contributed by atoms with Crippen LogP contribution in [0.25, 0.3) is 16.9 Å². The van der Waals surface area contributed by atoms with E-state index in [2.05, 4.69) is 10.3 Å². The van der Waals surface area contributed by atoms with Crippen molar-refractivity contribution in [2.24, 2.45) is 0 Å². The highest BCUT2D eigenvalue weighted by Crippen LogP contribution is 2.26. The van der Waals surface area contributed by atoms with Crippen molar-refractivity contribution in [3.63, 3.8) is 0 Å². The van der Waals surface area contributed by atoms with E-state index in [4.69, 9.17) is 4.42 Å². The first-order valence-corrected chi connectivity index (χ1v) is 10.2. The zero-order valence-corrected chi connectivity index (χ0v) is 17.9. The molecule has 8 nitrogen and oxygen atoms in total. The van der Waals surface area contributed by atoms with Crippen molar-refractivity contribution in [2.75, 3.05) is 26.2 Å². The molecule has 1 aliphatic heterocycles. The van der Waals surface area contributed by atoms with Crippen LogP contribution in [0, 0.1) is 13.8 Å². The number of hydrogen-bond donors (Lipinski definition) is 1. The van der Waals surface area contributed by atoms with Gasteiger partial charge in [-0.3, -0.25) is 18.6 Å². The second kappa shape index (κ2) is 7.95. The van der Waals surface area contributed by atoms with Gasteiger partial charge in [-0.1, -0.05) is 11.6 Å². The second-order valence-corrected chi connectivity index (χ2v) is 7.94. The van der Waals surface area contributed by atoms with E-state index in [9.17, 15) is 9.59 Å². The molecule has 1 amide bonds. The molecule has 0 bridgehead atoms. The Morgan fingerprint density at radius 2 is 1.97 bits per heavy atom. The number of aromatic nitrogens is 3. The molecule has 0 spiro atoms. The van der Waals surface area contributed by atoms with Crippen LogP contribution in [-0.2, 0) is 6.54 Å². The lowest BCUT2D eigenvalue weighted by Gasteiger charge is -2.26. The molecule has 158 valence electrons. The molecular weight excluding hydrogens is 382 g/mol. The van der Waals surface area contributed by atoms with Gasteiger partial charge >= 0.3 is 0 Å². The van der Waals surface area contributed by atoms with Crippen LogP contribution in [0.1, 0.15) is 35.9 Å². The summed E-state index contributed by atoms with van der Waals surface area (Å²) in [5.74, 6) is 1.38. The van der Waals surface area contributed by atoms with Gasteiger partial charge in [-0.15, -0.1) is 0 Å². The number of fused-ring (bicyclic) bond motifs is 1. The summed E-state index contributed by atoms with van der Waals surface area (Å²) in [7, 11) is 0. The smallest absolute Gasteiger partial charge is 0.295 e. The number of nitrogens with one attached hydrogen (secondary N) is 1. The quantitative estimate of drug-likeness (QED) is 0.669. The summed E-state index contributed by atoms with van der Waals surface area (Å²) in [6.07, 6.45) is 5.51. The molecule has 1 fully saturated rings. The molecule has 8 heteroatoms. The molecule has 4 rings (SSSR count). The largest absolute Gasteiger partial charge is 0.466 e. The number of nitrogens with zero attached hydrogens (tertiary/aromatic N) is 4. The maximum atomic E-state index is 13.4. The molecule has 1 aliphatic rings. The molecule has 1 N–H and O–H groups in total. The van der Waals surface area contributed by atoms with Crippen LogP contribution in [0.5, 0.6) is 0 Å². The van der Waals surface area contributed by atoms with Crippen molar-refractivity contribution in [3.8, 4) is 11.3 Å². The predicted molar refractivity (Wildman–Crippen MR) is 115 cm³/mol. The SMILES string of the molecule is CC(C)=CCn1c(-c2cc(C)oc2C)cn2cc(C(=O)N3CCNCC3)nc2c1=O. The Kier molecular flexibility index (Phi) is 5.34. The summed E-state index contributed by atoms with van der Waals surface area (Å²) in [5, 5.41) is 3.23. The lowest BCUT2D eigenvalue weighted by molar-refractivity contribution is 0.0730. The first kappa shape index (κ1) is 20.2. The van der Waals surface area contributed by atoms with E-state index in [0.29, 0.717) is 25.3 Å². The predicted octanol–water partition coefficient (Wildman–Crippen LogP) is 2.38. The third-order valence-corrected chi connectivity index (χ3v) is 5.34. The van der Waals surface area contributed by atoms with E-state index in [1.807, 2.05) is 46.0 Å². The Morgan fingerprint density at radius 3 is 2.60 bits per heavy atom. The monoisotopic (exact) mass is 409 g/mol. The number of imidazole rings is 1. The Labute approximate surface area is 174 Å². The molecule has 4 heterocycles. The molecule has 1 saturated heterocycles. The lowest BCUT2D eigenvalue weighted by Crippen LogP contribution is -2.46. The topological polar surface area (TPSA) is 84.8 Å². The van der Waals surface area contributed by atoms with Crippen molar-refractivity contribution >= 4 is 11.6 Å². The lowest BCUT2D eigenvalue weighted by atomic mass is 10.1. The molecular formula is C22H27N5O3. The van der Waals surface area contributed by atoms with E-state index in [-0.39, 0.29) is 17.1 Å². The summed E-state index contributed by atoms with van der Waals surface area (Å²) in [6, 6.07) is 1.93. The number of piperazine rings is 1. The maximum absolute atomic E-state index is 13.4. The standard InChI is InChI=1S/C22H27N5O3/c1-14(2)5-8-27-19(17-11-15(3)30-16(17)4)13-26-12-18(24-20(26)22(27)29)21(28)25-9-6-23-7-10-25/h5,11-13,23H,6-10H2,1-4H3. The Morgan fingerprint density at radius 1 is 1.23 bits per heavy atom. The fourth-order valence-electron chi connectivity index (χ4n) is 3.77. The van der Waals surface area contributed by atoms with Crippen molar-refractivity contribution in [1.82, 2.24) is 24.2 Å². The number of carbonyl (C=O) groups excluding carboxylic acids is 1. The average Bonchev–Trinajstić information content (AvgIpc) is 3.29. The molecule has 0 radical (unpaired) electrons. The van der Waals surface area contributed by atoms with Gasteiger partial charge < -0.3 is 14.6 Å². The Hall–Kier alpha value is -3.13. The number of rotatable bonds is 4. The summed E-state index contributed by atoms with van der Waals surface area (Å²) in [5.41, 5.74) is 3.01. The van der Waals surface area contributed by atoms with Gasteiger partial charge in [0.25, 0.3) is 11.5 Å².